The number of hydrogen-bond donors (Lipinski definition) is 0. The number of likely N-dealkylation sites (tertiary alicyclic amines) is 1. The first kappa shape index (κ1) is 11.1. The molecule has 3 unspecified atom stereocenters. The van der Waals surface area contributed by atoms with Gasteiger partial charge in [-0.2, -0.15) is 0 Å². The van der Waals surface area contributed by atoms with E-state index in [9.17, 15) is 4.79 Å². The number of nitrogens with zero attached hydrogens (tertiary/aromatic N) is 1. The van der Waals surface area contributed by atoms with Gasteiger partial charge in [0.1, 0.15) is 0 Å². The van der Waals surface area contributed by atoms with Crippen LogP contribution in [0.3, 0.4) is 0 Å². The standard InChI is InChI=1S/C12H21NO2/c1-9-3-5-13(10(9)2)7-12(14)11-4-6-15-8-11/h9-11H,3-8H2,1-2H3. The topological polar surface area (TPSA) is 29.5 Å². The van der Waals surface area contributed by atoms with E-state index in [4.69, 9.17) is 4.74 Å². The lowest BCUT2D eigenvalue weighted by Gasteiger charge is -2.23. The summed E-state index contributed by atoms with van der Waals surface area (Å²) in [5.41, 5.74) is 0. The van der Waals surface area contributed by atoms with Gasteiger partial charge in [0.25, 0.3) is 0 Å². The highest BCUT2D eigenvalue weighted by Crippen LogP contribution is 2.24. The molecular weight excluding hydrogens is 190 g/mol. The largest absolute Gasteiger partial charge is 0.381 e. The van der Waals surface area contributed by atoms with E-state index < -0.39 is 0 Å². The molecule has 0 radical (unpaired) electrons. The minimum atomic E-state index is 0.174. The zero-order chi connectivity index (χ0) is 10.8. The summed E-state index contributed by atoms with van der Waals surface area (Å²) in [7, 11) is 0. The van der Waals surface area contributed by atoms with Crippen LogP contribution in [0.4, 0.5) is 0 Å². The van der Waals surface area contributed by atoms with E-state index in [1.54, 1.807) is 0 Å². The predicted octanol–water partition coefficient (Wildman–Crippen LogP) is 1.32. The maximum atomic E-state index is 11.9. The van der Waals surface area contributed by atoms with Crippen LogP contribution in [0.1, 0.15) is 26.7 Å². The molecule has 0 spiro atoms. The van der Waals surface area contributed by atoms with E-state index in [2.05, 4.69) is 18.7 Å². The van der Waals surface area contributed by atoms with Crippen LogP contribution in [0.5, 0.6) is 0 Å². The average Bonchev–Trinajstić information content (AvgIpc) is 2.83. The molecule has 0 aliphatic carbocycles. The monoisotopic (exact) mass is 211 g/mol. The Balaban J connectivity index is 1.83. The molecule has 0 aromatic rings. The lowest BCUT2D eigenvalue weighted by molar-refractivity contribution is -0.124. The van der Waals surface area contributed by atoms with Gasteiger partial charge in [-0.3, -0.25) is 9.69 Å². The fraction of sp³-hybridized carbons (Fsp3) is 0.917. The van der Waals surface area contributed by atoms with Crippen molar-refractivity contribution in [2.24, 2.45) is 11.8 Å². The van der Waals surface area contributed by atoms with Crippen molar-refractivity contribution in [2.75, 3.05) is 26.3 Å². The number of ether oxygens (including phenoxy) is 1. The number of carbonyl (C=O) groups is 1. The highest BCUT2D eigenvalue weighted by atomic mass is 16.5. The van der Waals surface area contributed by atoms with Crippen molar-refractivity contribution in [3.8, 4) is 0 Å². The molecule has 2 aliphatic heterocycles. The van der Waals surface area contributed by atoms with Gasteiger partial charge in [0, 0.05) is 18.6 Å². The number of hydrogen-bond acceptors (Lipinski definition) is 3. The molecule has 0 amide bonds. The maximum Gasteiger partial charge on any atom is 0.152 e. The van der Waals surface area contributed by atoms with Crippen LogP contribution in [-0.2, 0) is 9.53 Å². The zero-order valence-electron chi connectivity index (χ0n) is 9.74. The second-order valence-electron chi connectivity index (χ2n) is 5.00. The second kappa shape index (κ2) is 4.62. The predicted molar refractivity (Wildman–Crippen MR) is 58.7 cm³/mol. The number of Topliss-reactive ketones (excluding diaryl/α,β-unsaturated/α-hetero) is 1. The molecule has 0 saturated carbocycles. The third kappa shape index (κ3) is 2.40. The molecule has 15 heavy (non-hydrogen) atoms. The third-order valence-corrected chi connectivity index (χ3v) is 4.02. The molecule has 0 bridgehead atoms. The summed E-state index contributed by atoms with van der Waals surface area (Å²) >= 11 is 0. The van der Waals surface area contributed by atoms with Crippen molar-refractivity contribution in [1.29, 1.82) is 0 Å². The number of rotatable bonds is 3. The lowest BCUT2D eigenvalue weighted by Crippen LogP contribution is -2.36. The first-order valence-corrected chi connectivity index (χ1v) is 6.03. The SMILES string of the molecule is CC1CCN(CC(=O)C2CCOC2)C1C. The molecule has 2 aliphatic rings. The highest BCUT2D eigenvalue weighted by Gasteiger charge is 2.31. The van der Waals surface area contributed by atoms with Crippen LogP contribution in [-0.4, -0.2) is 43.0 Å². The van der Waals surface area contributed by atoms with E-state index in [-0.39, 0.29) is 5.92 Å². The van der Waals surface area contributed by atoms with Gasteiger partial charge in [0.05, 0.1) is 13.2 Å². The Bertz CT molecular complexity index is 236. The Labute approximate surface area is 91.8 Å². The Morgan fingerprint density at radius 3 is 2.73 bits per heavy atom. The van der Waals surface area contributed by atoms with Crippen molar-refractivity contribution in [2.45, 2.75) is 32.7 Å². The van der Waals surface area contributed by atoms with Crippen LogP contribution in [0.2, 0.25) is 0 Å². The van der Waals surface area contributed by atoms with Crippen LogP contribution in [0.25, 0.3) is 0 Å². The fourth-order valence-electron chi connectivity index (χ4n) is 2.51. The molecule has 2 rings (SSSR count). The molecule has 3 atom stereocenters. The molecule has 0 N–H and O–H groups in total. The number of ketones is 1. The first-order valence-electron chi connectivity index (χ1n) is 6.03. The quantitative estimate of drug-likeness (QED) is 0.705. The molecule has 0 aromatic carbocycles. The molecule has 2 saturated heterocycles. The van der Waals surface area contributed by atoms with E-state index in [1.165, 1.54) is 6.42 Å². The van der Waals surface area contributed by atoms with E-state index >= 15 is 0 Å². The summed E-state index contributed by atoms with van der Waals surface area (Å²) < 4.78 is 5.25. The highest BCUT2D eigenvalue weighted by molar-refractivity contribution is 5.83. The Morgan fingerprint density at radius 2 is 2.20 bits per heavy atom. The van der Waals surface area contributed by atoms with Crippen molar-refractivity contribution in [1.82, 2.24) is 4.90 Å². The molecular formula is C12H21NO2. The number of carbonyl (C=O) groups excluding carboxylic acids is 1. The third-order valence-electron chi connectivity index (χ3n) is 4.02. The van der Waals surface area contributed by atoms with Gasteiger partial charge in [-0.15, -0.1) is 0 Å². The van der Waals surface area contributed by atoms with Crippen LogP contribution >= 0.6 is 0 Å². The summed E-state index contributed by atoms with van der Waals surface area (Å²) in [6.45, 7) is 7.64. The van der Waals surface area contributed by atoms with Gasteiger partial charge in [-0.25, -0.2) is 0 Å². The Kier molecular flexibility index (Phi) is 3.42. The molecule has 2 heterocycles. The van der Waals surface area contributed by atoms with E-state index in [1.807, 2.05) is 0 Å². The summed E-state index contributed by atoms with van der Waals surface area (Å²) in [6.07, 6.45) is 2.16. The van der Waals surface area contributed by atoms with Gasteiger partial charge in [0.2, 0.25) is 0 Å². The van der Waals surface area contributed by atoms with E-state index in [0.717, 1.165) is 25.5 Å². The van der Waals surface area contributed by atoms with Gasteiger partial charge >= 0.3 is 0 Å². The van der Waals surface area contributed by atoms with Crippen molar-refractivity contribution < 1.29 is 9.53 Å². The fourth-order valence-corrected chi connectivity index (χ4v) is 2.51. The van der Waals surface area contributed by atoms with Crippen LogP contribution in [0.15, 0.2) is 0 Å². The first-order chi connectivity index (χ1) is 7.18. The minimum Gasteiger partial charge on any atom is -0.381 e. The van der Waals surface area contributed by atoms with Gasteiger partial charge in [-0.1, -0.05) is 6.92 Å². The smallest absolute Gasteiger partial charge is 0.152 e. The van der Waals surface area contributed by atoms with Crippen molar-refractivity contribution in [3.63, 3.8) is 0 Å². The van der Waals surface area contributed by atoms with Crippen molar-refractivity contribution >= 4 is 5.78 Å². The van der Waals surface area contributed by atoms with Gasteiger partial charge in [0.15, 0.2) is 5.78 Å². The molecule has 2 fully saturated rings. The molecule has 86 valence electrons. The summed E-state index contributed by atoms with van der Waals surface area (Å²) in [6, 6.07) is 0.566. The normalized spacial score (nSPS) is 37.3. The second-order valence-corrected chi connectivity index (χ2v) is 5.00. The summed E-state index contributed by atoms with van der Waals surface area (Å²) in [5, 5.41) is 0. The zero-order valence-corrected chi connectivity index (χ0v) is 9.74. The van der Waals surface area contributed by atoms with Crippen LogP contribution in [0, 0.1) is 11.8 Å². The van der Waals surface area contributed by atoms with E-state index in [0.29, 0.717) is 25.0 Å². The Hall–Kier alpha value is -0.410. The molecule has 3 heteroatoms. The molecule has 3 nitrogen and oxygen atoms in total. The molecule has 0 aromatic heterocycles. The lowest BCUT2D eigenvalue weighted by atomic mass is 10.0. The van der Waals surface area contributed by atoms with Crippen LogP contribution < -0.4 is 0 Å². The average molecular weight is 211 g/mol. The van der Waals surface area contributed by atoms with Crippen molar-refractivity contribution in [3.05, 3.63) is 0 Å². The maximum absolute atomic E-state index is 11.9. The summed E-state index contributed by atoms with van der Waals surface area (Å²) in [4.78, 5) is 14.3. The minimum absolute atomic E-state index is 0.174. The van der Waals surface area contributed by atoms with Gasteiger partial charge < -0.3 is 4.74 Å². The summed E-state index contributed by atoms with van der Waals surface area (Å²) in [5.74, 6) is 1.29. The van der Waals surface area contributed by atoms with Gasteiger partial charge in [-0.05, 0) is 32.2 Å². The Morgan fingerprint density at radius 1 is 1.40 bits per heavy atom.